The van der Waals surface area contributed by atoms with Crippen molar-refractivity contribution in [2.24, 2.45) is 0 Å². The summed E-state index contributed by atoms with van der Waals surface area (Å²) in [6, 6.07) is 15.2. The van der Waals surface area contributed by atoms with Crippen LogP contribution in [-0.2, 0) is 4.43 Å². The number of fused-ring (bicyclic) bond motifs is 1. The van der Waals surface area contributed by atoms with Gasteiger partial charge in [0.15, 0.2) is 0 Å². The minimum atomic E-state index is -1.83. The monoisotopic (exact) mass is 258 g/mol. The molecule has 0 N–H and O–H groups in total. The molecule has 0 fully saturated rings. The summed E-state index contributed by atoms with van der Waals surface area (Å²) in [5.74, 6) is 0. The largest absolute Gasteiger partial charge is 0.408 e. The average molecular weight is 258 g/mol. The van der Waals surface area contributed by atoms with Gasteiger partial charge in [0, 0.05) is 5.60 Å². The smallest absolute Gasteiger partial charge is 0.218 e. The highest BCUT2D eigenvalue weighted by molar-refractivity contribution is 6.84. The summed E-state index contributed by atoms with van der Waals surface area (Å²) >= 11 is 0. The van der Waals surface area contributed by atoms with Gasteiger partial charge in [0.1, 0.15) is 0 Å². The van der Waals surface area contributed by atoms with Crippen LogP contribution in [0.5, 0.6) is 0 Å². The first-order chi connectivity index (χ1) is 8.28. The zero-order chi connectivity index (χ0) is 13.4. The van der Waals surface area contributed by atoms with E-state index in [1.807, 2.05) is 0 Å². The van der Waals surface area contributed by atoms with Crippen molar-refractivity contribution in [3.63, 3.8) is 0 Å². The van der Waals surface area contributed by atoms with Gasteiger partial charge < -0.3 is 4.43 Å². The highest BCUT2D eigenvalue weighted by Crippen LogP contribution is 2.19. The van der Waals surface area contributed by atoms with E-state index in [4.69, 9.17) is 4.43 Å². The van der Waals surface area contributed by atoms with E-state index in [1.165, 1.54) is 16.0 Å². The molecule has 0 aliphatic heterocycles. The summed E-state index contributed by atoms with van der Waals surface area (Å²) in [6.45, 7) is 10.9. The normalized spacial score (nSPS) is 12.9. The summed E-state index contributed by atoms with van der Waals surface area (Å²) in [7, 11) is -1.83. The third-order valence-corrected chi connectivity index (χ3v) is 5.83. The van der Waals surface area contributed by atoms with Crippen molar-refractivity contribution in [2.45, 2.75) is 39.5 Å². The molecule has 0 saturated heterocycles. The predicted molar refractivity (Wildman–Crippen MR) is 81.9 cm³/mol. The van der Waals surface area contributed by atoms with Crippen LogP contribution in [0.4, 0.5) is 0 Å². The number of benzene rings is 2. The summed E-state index contributed by atoms with van der Waals surface area (Å²) in [5.41, 5.74) is -0.0820. The Balaban J connectivity index is 2.41. The molecule has 0 aliphatic carbocycles. The topological polar surface area (TPSA) is 9.23 Å². The van der Waals surface area contributed by atoms with Crippen molar-refractivity contribution in [1.82, 2.24) is 0 Å². The molecule has 2 aromatic carbocycles. The van der Waals surface area contributed by atoms with Crippen molar-refractivity contribution in [1.29, 1.82) is 0 Å². The van der Waals surface area contributed by atoms with Gasteiger partial charge in [-0.3, -0.25) is 0 Å². The van der Waals surface area contributed by atoms with Gasteiger partial charge in [-0.1, -0.05) is 42.5 Å². The fourth-order valence-electron chi connectivity index (χ4n) is 2.39. The predicted octanol–water partition coefficient (Wildman–Crippen LogP) is 4.07. The molecular formula is C16H22OSi. The molecule has 2 heteroatoms. The maximum Gasteiger partial charge on any atom is 0.218 e. The fourth-order valence-corrected chi connectivity index (χ4v) is 5.02. The van der Waals surface area contributed by atoms with E-state index < -0.39 is 8.32 Å². The molecule has 2 rings (SSSR count). The Morgan fingerprint density at radius 2 is 1.50 bits per heavy atom. The molecule has 0 heterocycles. The van der Waals surface area contributed by atoms with Crippen molar-refractivity contribution < 1.29 is 4.43 Å². The van der Waals surface area contributed by atoms with E-state index in [9.17, 15) is 0 Å². The maximum atomic E-state index is 6.30. The van der Waals surface area contributed by atoms with Crippen LogP contribution < -0.4 is 5.19 Å². The lowest BCUT2D eigenvalue weighted by molar-refractivity contribution is 0.125. The Morgan fingerprint density at radius 3 is 2.11 bits per heavy atom. The van der Waals surface area contributed by atoms with E-state index in [0.717, 1.165) is 0 Å². The second-order valence-electron chi connectivity index (χ2n) is 6.29. The summed E-state index contributed by atoms with van der Waals surface area (Å²) in [5, 5.41) is 3.95. The summed E-state index contributed by atoms with van der Waals surface area (Å²) in [6.07, 6.45) is 0. The lowest BCUT2D eigenvalue weighted by atomic mass is 10.1. The Kier molecular flexibility index (Phi) is 3.34. The van der Waals surface area contributed by atoms with Crippen LogP contribution in [0.1, 0.15) is 20.8 Å². The van der Waals surface area contributed by atoms with E-state index in [1.54, 1.807) is 0 Å². The SMILES string of the molecule is CC(C)(C)O[Si](C)(C)c1ccc2ccccc2c1. The standard InChI is InChI=1S/C16H22OSi/c1-16(2,3)17-18(4,5)15-11-10-13-8-6-7-9-14(13)12-15/h6-12H,1-5H3. The quantitative estimate of drug-likeness (QED) is 0.738. The van der Waals surface area contributed by atoms with Crippen molar-refractivity contribution in [2.75, 3.05) is 0 Å². The Bertz CT molecular complexity index is 552. The molecular weight excluding hydrogens is 236 g/mol. The van der Waals surface area contributed by atoms with Gasteiger partial charge in [0.2, 0.25) is 8.32 Å². The Hall–Kier alpha value is -1.12. The Morgan fingerprint density at radius 1 is 0.889 bits per heavy atom. The molecule has 0 bridgehead atoms. The van der Waals surface area contributed by atoms with Gasteiger partial charge in [-0.15, -0.1) is 0 Å². The lowest BCUT2D eigenvalue weighted by Gasteiger charge is -2.32. The minimum Gasteiger partial charge on any atom is -0.408 e. The molecule has 0 saturated carbocycles. The second kappa shape index (κ2) is 4.52. The molecule has 0 radical (unpaired) electrons. The van der Waals surface area contributed by atoms with Gasteiger partial charge in [0.05, 0.1) is 0 Å². The molecule has 0 amide bonds. The molecule has 0 atom stereocenters. The van der Waals surface area contributed by atoms with Gasteiger partial charge in [-0.05, 0) is 49.8 Å². The van der Waals surface area contributed by atoms with Crippen LogP contribution in [0.2, 0.25) is 13.1 Å². The fraction of sp³-hybridized carbons (Fsp3) is 0.375. The Labute approximate surface area is 111 Å². The first-order valence-electron chi connectivity index (χ1n) is 6.47. The molecule has 1 nitrogen and oxygen atoms in total. The number of rotatable bonds is 2. The van der Waals surface area contributed by atoms with Gasteiger partial charge >= 0.3 is 0 Å². The molecule has 0 unspecified atom stereocenters. The third kappa shape index (κ3) is 3.00. The lowest BCUT2D eigenvalue weighted by Crippen LogP contribution is -2.49. The first-order valence-corrected chi connectivity index (χ1v) is 9.38. The molecule has 18 heavy (non-hydrogen) atoms. The molecule has 0 aliphatic rings. The molecule has 0 aromatic heterocycles. The van der Waals surface area contributed by atoms with Gasteiger partial charge in [0.25, 0.3) is 0 Å². The second-order valence-corrected chi connectivity index (χ2v) is 10.1. The van der Waals surface area contributed by atoms with Gasteiger partial charge in [-0.2, -0.15) is 0 Å². The van der Waals surface area contributed by atoms with E-state index in [-0.39, 0.29) is 5.60 Å². The molecule has 2 aromatic rings. The van der Waals surface area contributed by atoms with Crippen molar-refractivity contribution >= 4 is 24.3 Å². The first kappa shape index (κ1) is 13.3. The number of hydrogen-bond donors (Lipinski definition) is 0. The van der Waals surface area contributed by atoms with Crippen LogP contribution in [-0.4, -0.2) is 13.9 Å². The van der Waals surface area contributed by atoms with Crippen LogP contribution in [0, 0.1) is 0 Å². The number of hydrogen-bond acceptors (Lipinski definition) is 1. The van der Waals surface area contributed by atoms with Crippen LogP contribution in [0.3, 0.4) is 0 Å². The maximum absolute atomic E-state index is 6.30. The third-order valence-electron chi connectivity index (χ3n) is 3.01. The van der Waals surface area contributed by atoms with E-state index in [2.05, 4.69) is 76.3 Å². The van der Waals surface area contributed by atoms with Crippen LogP contribution >= 0.6 is 0 Å². The van der Waals surface area contributed by atoms with E-state index >= 15 is 0 Å². The summed E-state index contributed by atoms with van der Waals surface area (Å²) in [4.78, 5) is 0. The van der Waals surface area contributed by atoms with Crippen molar-refractivity contribution in [3.8, 4) is 0 Å². The van der Waals surface area contributed by atoms with Gasteiger partial charge in [-0.25, -0.2) is 0 Å². The molecule has 96 valence electrons. The minimum absolute atomic E-state index is 0.0820. The average Bonchev–Trinajstić information content (AvgIpc) is 2.25. The molecule has 0 spiro atoms. The zero-order valence-corrected chi connectivity index (χ0v) is 12.9. The highest BCUT2D eigenvalue weighted by atomic mass is 28.4. The van der Waals surface area contributed by atoms with E-state index in [0.29, 0.717) is 0 Å². The highest BCUT2D eigenvalue weighted by Gasteiger charge is 2.30. The van der Waals surface area contributed by atoms with Crippen LogP contribution in [0.15, 0.2) is 42.5 Å². The van der Waals surface area contributed by atoms with Crippen LogP contribution in [0.25, 0.3) is 10.8 Å². The summed E-state index contributed by atoms with van der Waals surface area (Å²) < 4.78 is 6.30. The van der Waals surface area contributed by atoms with Crippen molar-refractivity contribution in [3.05, 3.63) is 42.5 Å². The zero-order valence-electron chi connectivity index (χ0n) is 11.9.